The number of fused-ring (bicyclic) bond motifs is 1. The lowest BCUT2D eigenvalue weighted by molar-refractivity contribution is 0.742. The smallest absolute Gasteiger partial charge is 0.0737 e. The van der Waals surface area contributed by atoms with Crippen LogP contribution in [0.25, 0.3) is 10.9 Å². The van der Waals surface area contributed by atoms with Crippen molar-refractivity contribution in [3.05, 3.63) is 41.1 Å². The molecule has 0 fully saturated rings. The van der Waals surface area contributed by atoms with Crippen molar-refractivity contribution in [1.29, 1.82) is 0 Å². The van der Waals surface area contributed by atoms with E-state index in [1.807, 2.05) is 0 Å². The molecule has 90 valence electrons. The highest BCUT2D eigenvalue weighted by Crippen LogP contribution is 2.24. The first kappa shape index (κ1) is 12.1. The minimum atomic E-state index is 0.323. The Hall–Kier alpha value is -1.41. The van der Waals surface area contributed by atoms with Gasteiger partial charge in [-0.1, -0.05) is 32.0 Å². The van der Waals surface area contributed by atoms with E-state index in [9.17, 15) is 0 Å². The minimum Gasteiger partial charge on any atom is -0.330 e. The van der Waals surface area contributed by atoms with Crippen LogP contribution in [0.2, 0.25) is 0 Å². The number of nitrogens with zero attached hydrogens (tertiary/aromatic N) is 1. The molecule has 17 heavy (non-hydrogen) atoms. The molecular formula is C15H20N2. The maximum atomic E-state index is 5.75. The van der Waals surface area contributed by atoms with Gasteiger partial charge < -0.3 is 5.73 Å². The molecule has 2 aromatic rings. The van der Waals surface area contributed by atoms with Crippen LogP contribution >= 0.6 is 0 Å². The Morgan fingerprint density at radius 1 is 1.35 bits per heavy atom. The molecule has 0 amide bonds. The third kappa shape index (κ3) is 2.18. The number of pyridine rings is 1. The Balaban J connectivity index is 2.68. The molecule has 2 nitrogen and oxygen atoms in total. The van der Waals surface area contributed by atoms with Gasteiger partial charge in [0.2, 0.25) is 0 Å². The van der Waals surface area contributed by atoms with Gasteiger partial charge in [0.05, 0.1) is 5.52 Å². The quantitative estimate of drug-likeness (QED) is 0.876. The predicted molar refractivity (Wildman–Crippen MR) is 73.3 cm³/mol. The summed E-state index contributed by atoms with van der Waals surface area (Å²) in [4.78, 5) is 4.84. The van der Waals surface area contributed by atoms with Gasteiger partial charge in [-0.05, 0) is 30.5 Å². The van der Waals surface area contributed by atoms with Crippen LogP contribution in [0.5, 0.6) is 0 Å². The number of hydrogen-bond donors (Lipinski definition) is 1. The van der Waals surface area contributed by atoms with Crippen LogP contribution in [0, 0.1) is 6.92 Å². The van der Waals surface area contributed by atoms with Gasteiger partial charge in [0.25, 0.3) is 0 Å². The van der Waals surface area contributed by atoms with E-state index in [1.165, 1.54) is 16.5 Å². The molecule has 0 radical (unpaired) electrons. The summed E-state index contributed by atoms with van der Waals surface area (Å²) in [5.74, 6) is 0.323. The average molecular weight is 228 g/mol. The zero-order valence-corrected chi connectivity index (χ0v) is 10.8. The summed E-state index contributed by atoms with van der Waals surface area (Å²) in [6.07, 6.45) is 1.02. The lowest BCUT2D eigenvalue weighted by Crippen LogP contribution is -2.12. The summed E-state index contributed by atoms with van der Waals surface area (Å²) < 4.78 is 0. The van der Waals surface area contributed by atoms with E-state index in [0.717, 1.165) is 17.6 Å². The molecule has 1 unspecified atom stereocenters. The van der Waals surface area contributed by atoms with Crippen molar-refractivity contribution >= 4 is 10.9 Å². The van der Waals surface area contributed by atoms with Crippen LogP contribution in [0.15, 0.2) is 24.3 Å². The van der Waals surface area contributed by atoms with Gasteiger partial charge in [0.1, 0.15) is 0 Å². The van der Waals surface area contributed by atoms with Gasteiger partial charge in [-0.3, -0.25) is 4.98 Å². The summed E-state index contributed by atoms with van der Waals surface area (Å²) in [5.41, 5.74) is 10.6. The van der Waals surface area contributed by atoms with Gasteiger partial charge >= 0.3 is 0 Å². The molecule has 2 N–H and O–H groups in total. The molecule has 1 atom stereocenters. The van der Waals surface area contributed by atoms with Crippen LogP contribution in [-0.4, -0.2) is 11.5 Å². The highest BCUT2D eigenvalue weighted by Gasteiger charge is 2.11. The van der Waals surface area contributed by atoms with Gasteiger partial charge in [-0.2, -0.15) is 0 Å². The van der Waals surface area contributed by atoms with Crippen molar-refractivity contribution in [2.75, 3.05) is 6.54 Å². The maximum Gasteiger partial charge on any atom is 0.0737 e. The number of rotatable bonds is 3. The first-order valence-electron chi connectivity index (χ1n) is 6.26. The lowest BCUT2D eigenvalue weighted by atomic mass is 9.99. The molecule has 1 aromatic carbocycles. The fourth-order valence-corrected chi connectivity index (χ4v) is 2.28. The Morgan fingerprint density at radius 3 is 2.76 bits per heavy atom. The summed E-state index contributed by atoms with van der Waals surface area (Å²) >= 11 is 0. The van der Waals surface area contributed by atoms with Crippen molar-refractivity contribution < 1.29 is 0 Å². The summed E-state index contributed by atoms with van der Waals surface area (Å²) in [5, 5.41) is 1.23. The molecule has 2 rings (SSSR count). The van der Waals surface area contributed by atoms with E-state index in [-0.39, 0.29) is 0 Å². The van der Waals surface area contributed by atoms with E-state index < -0.39 is 0 Å². The van der Waals surface area contributed by atoms with Gasteiger partial charge in [0.15, 0.2) is 0 Å². The highest BCUT2D eigenvalue weighted by molar-refractivity contribution is 5.82. The monoisotopic (exact) mass is 228 g/mol. The van der Waals surface area contributed by atoms with Crippen LogP contribution in [0.1, 0.15) is 36.6 Å². The number of nitrogens with two attached hydrogens (primary N) is 1. The molecular weight excluding hydrogens is 208 g/mol. The lowest BCUT2D eigenvalue weighted by Gasteiger charge is -2.14. The Bertz CT molecular complexity index is 532. The summed E-state index contributed by atoms with van der Waals surface area (Å²) in [7, 11) is 0. The van der Waals surface area contributed by atoms with Crippen molar-refractivity contribution in [2.45, 2.75) is 33.1 Å². The largest absolute Gasteiger partial charge is 0.330 e. The van der Waals surface area contributed by atoms with E-state index in [1.54, 1.807) is 0 Å². The zero-order valence-electron chi connectivity index (χ0n) is 10.8. The van der Waals surface area contributed by atoms with Gasteiger partial charge in [0, 0.05) is 23.5 Å². The molecule has 0 spiro atoms. The number of aryl methyl sites for hydroxylation is 2. The number of hydrogen-bond acceptors (Lipinski definition) is 2. The number of aromatic nitrogens is 1. The van der Waals surface area contributed by atoms with Crippen LogP contribution in [-0.2, 0) is 6.42 Å². The van der Waals surface area contributed by atoms with Crippen LogP contribution in [0.4, 0.5) is 0 Å². The first-order valence-corrected chi connectivity index (χ1v) is 6.26. The SMILES string of the molecule is CCc1cccc2cc(C)c(C(C)CN)nc12. The number of benzene rings is 1. The van der Waals surface area contributed by atoms with Crippen LogP contribution in [0.3, 0.4) is 0 Å². The van der Waals surface area contributed by atoms with Crippen LogP contribution < -0.4 is 5.73 Å². The third-order valence-corrected chi connectivity index (χ3v) is 3.36. The Labute approximate surface area is 103 Å². The standard InChI is InChI=1S/C15H20N2/c1-4-12-6-5-7-13-8-10(2)14(11(3)9-16)17-15(12)13/h5-8,11H,4,9,16H2,1-3H3. The van der Waals surface area contributed by atoms with Gasteiger partial charge in [-0.25, -0.2) is 0 Å². The molecule has 1 aromatic heterocycles. The molecule has 1 heterocycles. The topological polar surface area (TPSA) is 38.9 Å². The zero-order chi connectivity index (χ0) is 12.4. The highest BCUT2D eigenvalue weighted by atomic mass is 14.7. The fraction of sp³-hybridized carbons (Fsp3) is 0.400. The molecule has 0 bridgehead atoms. The Kier molecular flexibility index (Phi) is 3.43. The second-order valence-corrected chi connectivity index (χ2v) is 4.67. The fourth-order valence-electron chi connectivity index (χ4n) is 2.28. The summed E-state index contributed by atoms with van der Waals surface area (Å²) in [6.45, 7) is 7.07. The van der Waals surface area contributed by atoms with E-state index >= 15 is 0 Å². The molecule has 0 aliphatic carbocycles. The molecule has 0 aliphatic rings. The molecule has 2 heteroatoms. The van der Waals surface area contributed by atoms with Crippen molar-refractivity contribution in [1.82, 2.24) is 4.98 Å². The predicted octanol–water partition coefficient (Wildman–Crippen LogP) is 3.17. The van der Waals surface area contributed by atoms with Crippen molar-refractivity contribution in [2.24, 2.45) is 5.73 Å². The molecule has 0 saturated heterocycles. The van der Waals surface area contributed by atoms with E-state index in [0.29, 0.717) is 12.5 Å². The first-order chi connectivity index (χ1) is 8.17. The average Bonchev–Trinajstić information content (AvgIpc) is 2.36. The second-order valence-electron chi connectivity index (χ2n) is 4.67. The molecule has 0 saturated carbocycles. The summed E-state index contributed by atoms with van der Waals surface area (Å²) in [6, 6.07) is 8.62. The number of para-hydroxylation sites is 1. The molecule has 0 aliphatic heterocycles. The third-order valence-electron chi connectivity index (χ3n) is 3.36. The maximum absolute atomic E-state index is 5.75. The van der Waals surface area contributed by atoms with Crippen molar-refractivity contribution in [3.8, 4) is 0 Å². The minimum absolute atomic E-state index is 0.323. The van der Waals surface area contributed by atoms with E-state index in [2.05, 4.69) is 45.0 Å². The normalized spacial score (nSPS) is 12.9. The van der Waals surface area contributed by atoms with E-state index in [4.69, 9.17) is 10.7 Å². The van der Waals surface area contributed by atoms with Crippen molar-refractivity contribution in [3.63, 3.8) is 0 Å². The Morgan fingerprint density at radius 2 is 2.12 bits per heavy atom. The second kappa shape index (κ2) is 4.84. The van der Waals surface area contributed by atoms with Gasteiger partial charge in [-0.15, -0.1) is 0 Å².